The lowest BCUT2D eigenvalue weighted by Gasteiger charge is -2.47. The van der Waals surface area contributed by atoms with E-state index in [2.05, 4.69) is 10.00 Å². The van der Waals surface area contributed by atoms with Crippen LogP contribution in [0.15, 0.2) is 36.7 Å². The lowest BCUT2D eigenvalue weighted by Crippen LogP contribution is -2.69. The fraction of sp³-hybridized carbons (Fsp3) is 0.421. The van der Waals surface area contributed by atoms with Crippen molar-refractivity contribution in [2.45, 2.75) is 18.6 Å². The predicted octanol–water partition coefficient (Wildman–Crippen LogP) is -0.143. The SMILES string of the molecule is CN1C(=O)[C@H]2CN(Cc3cnn(-c4ccc(F)cc4)c3)CCN2C(=O)[C@@H]1CO. The van der Waals surface area contributed by atoms with E-state index in [1.165, 1.54) is 17.0 Å². The first kappa shape index (κ1) is 18.6. The number of likely N-dealkylation sites (N-methyl/N-ethyl adjacent to an activating group) is 1. The molecule has 148 valence electrons. The Morgan fingerprint density at radius 1 is 1.18 bits per heavy atom. The maximum atomic E-state index is 13.1. The topological polar surface area (TPSA) is 81.9 Å². The summed E-state index contributed by atoms with van der Waals surface area (Å²) in [6.45, 7) is 1.76. The van der Waals surface area contributed by atoms with E-state index in [-0.39, 0.29) is 24.2 Å². The molecule has 9 heteroatoms. The van der Waals surface area contributed by atoms with Crippen LogP contribution in [-0.2, 0) is 16.1 Å². The molecule has 2 fully saturated rings. The van der Waals surface area contributed by atoms with Crippen molar-refractivity contribution in [3.05, 3.63) is 48.0 Å². The van der Waals surface area contributed by atoms with Crippen LogP contribution in [0.2, 0.25) is 0 Å². The van der Waals surface area contributed by atoms with Crippen LogP contribution in [0.1, 0.15) is 5.56 Å². The molecule has 2 aliphatic heterocycles. The van der Waals surface area contributed by atoms with Crippen LogP contribution < -0.4 is 0 Å². The van der Waals surface area contributed by atoms with Crippen molar-refractivity contribution in [1.29, 1.82) is 0 Å². The van der Waals surface area contributed by atoms with E-state index in [0.29, 0.717) is 26.2 Å². The Morgan fingerprint density at radius 2 is 1.93 bits per heavy atom. The molecule has 0 radical (unpaired) electrons. The van der Waals surface area contributed by atoms with Gasteiger partial charge in [-0.25, -0.2) is 9.07 Å². The number of rotatable bonds is 4. The third-order valence-electron chi connectivity index (χ3n) is 5.44. The Kier molecular flexibility index (Phi) is 4.86. The summed E-state index contributed by atoms with van der Waals surface area (Å²) in [4.78, 5) is 30.2. The first-order valence-corrected chi connectivity index (χ1v) is 9.18. The maximum Gasteiger partial charge on any atom is 0.248 e. The van der Waals surface area contributed by atoms with Crippen LogP contribution >= 0.6 is 0 Å². The van der Waals surface area contributed by atoms with Gasteiger partial charge in [-0.15, -0.1) is 0 Å². The number of benzene rings is 1. The van der Waals surface area contributed by atoms with Crippen LogP contribution in [0.25, 0.3) is 5.69 Å². The molecular formula is C19H22FN5O3. The number of fused-ring (bicyclic) bond motifs is 1. The zero-order valence-corrected chi connectivity index (χ0v) is 15.5. The minimum atomic E-state index is -0.788. The molecule has 3 heterocycles. The van der Waals surface area contributed by atoms with Gasteiger partial charge in [-0.3, -0.25) is 14.5 Å². The fourth-order valence-electron chi connectivity index (χ4n) is 3.84. The second-order valence-corrected chi connectivity index (χ2v) is 7.20. The van der Waals surface area contributed by atoms with Gasteiger partial charge < -0.3 is 14.9 Å². The summed E-state index contributed by atoms with van der Waals surface area (Å²) < 4.78 is 14.8. The third kappa shape index (κ3) is 3.27. The second-order valence-electron chi connectivity index (χ2n) is 7.20. The van der Waals surface area contributed by atoms with Gasteiger partial charge in [0.1, 0.15) is 17.9 Å². The number of aliphatic hydroxyl groups is 1. The maximum absolute atomic E-state index is 13.1. The molecule has 0 bridgehead atoms. The van der Waals surface area contributed by atoms with Crippen molar-refractivity contribution in [2.24, 2.45) is 0 Å². The van der Waals surface area contributed by atoms with E-state index in [1.807, 2.05) is 6.20 Å². The number of halogens is 1. The van der Waals surface area contributed by atoms with Gasteiger partial charge >= 0.3 is 0 Å². The second kappa shape index (κ2) is 7.33. The van der Waals surface area contributed by atoms with E-state index in [1.54, 1.807) is 35.0 Å². The summed E-state index contributed by atoms with van der Waals surface area (Å²) in [5.41, 5.74) is 1.73. The van der Waals surface area contributed by atoms with Gasteiger partial charge in [0.25, 0.3) is 0 Å². The lowest BCUT2D eigenvalue weighted by molar-refractivity contribution is -0.165. The average Bonchev–Trinajstić information content (AvgIpc) is 3.15. The zero-order valence-electron chi connectivity index (χ0n) is 15.5. The third-order valence-corrected chi connectivity index (χ3v) is 5.44. The Labute approximate surface area is 161 Å². The first-order valence-electron chi connectivity index (χ1n) is 9.18. The quantitative estimate of drug-likeness (QED) is 0.790. The molecule has 0 saturated carbocycles. The van der Waals surface area contributed by atoms with Gasteiger partial charge in [0.2, 0.25) is 11.8 Å². The predicted molar refractivity (Wildman–Crippen MR) is 97.9 cm³/mol. The smallest absolute Gasteiger partial charge is 0.248 e. The van der Waals surface area contributed by atoms with Gasteiger partial charge in [0, 0.05) is 45.0 Å². The van der Waals surface area contributed by atoms with Gasteiger partial charge in [0.15, 0.2) is 0 Å². The van der Waals surface area contributed by atoms with Gasteiger partial charge in [-0.2, -0.15) is 5.10 Å². The van der Waals surface area contributed by atoms with E-state index in [9.17, 15) is 19.1 Å². The molecule has 28 heavy (non-hydrogen) atoms. The molecule has 1 N–H and O–H groups in total. The summed E-state index contributed by atoms with van der Waals surface area (Å²) >= 11 is 0. The number of piperazine rings is 2. The summed E-state index contributed by atoms with van der Waals surface area (Å²) in [6, 6.07) is 4.77. The first-order chi connectivity index (χ1) is 13.5. The Hall–Kier alpha value is -2.78. The molecule has 4 rings (SSSR count). The summed E-state index contributed by atoms with van der Waals surface area (Å²) in [5, 5.41) is 13.7. The molecule has 0 aliphatic carbocycles. The van der Waals surface area contributed by atoms with Crippen molar-refractivity contribution in [3.8, 4) is 5.69 Å². The van der Waals surface area contributed by atoms with Crippen molar-refractivity contribution in [2.75, 3.05) is 33.3 Å². The van der Waals surface area contributed by atoms with Gasteiger partial charge in [-0.05, 0) is 24.3 Å². The standard InChI is InChI=1S/C19H22FN5O3/c1-22-17(12-26)19(28)24-7-6-23(11-16(24)18(22)27)9-13-8-21-25(10-13)15-4-2-14(20)3-5-15/h2-5,8,10,16-17,26H,6-7,9,11-12H2,1H3/t16-,17+/m1/s1. The number of carbonyl (C=O) groups is 2. The largest absolute Gasteiger partial charge is 0.394 e. The van der Waals surface area contributed by atoms with Gasteiger partial charge in [-0.1, -0.05) is 0 Å². The minimum absolute atomic E-state index is 0.148. The highest BCUT2D eigenvalue weighted by atomic mass is 19.1. The number of hydrogen-bond donors (Lipinski definition) is 1. The van der Waals surface area contributed by atoms with E-state index >= 15 is 0 Å². The molecule has 2 saturated heterocycles. The molecule has 2 atom stereocenters. The summed E-state index contributed by atoms with van der Waals surface area (Å²) in [6.07, 6.45) is 3.62. The average molecular weight is 387 g/mol. The number of aliphatic hydroxyl groups excluding tert-OH is 1. The van der Waals surface area contributed by atoms with Crippen LogP contribution in [-0.4, -0.2) is 86.8 Å². The van der Waals surface area contributed by atoms with Crippen molar-refractivity contribution >= 4 is 11.8 Å². The highest BCUT2D eigenvalue weighted by Gasteiger charge is 2.46. The molecule has 0 unspecified atom stereocenters. The Balaban J connectivity index is 1.44. The van der Waals surface area contributed by atoms with Crippen LogP contribution in [0, 0.1) is 5.82 Å². The van der Waals surface area contributed by atoms with Crippen molar-refractivity contribution in [1.82, 2.24) is 24.5 Å². The van der Waals surface area contributed by atoms with Crippen molar-refractivity contribution in [3.63, 3.8) is 0 Å². The highest BCUT2D eigenvalue weighted by Crippen LogP contribution is 2.22. The number of hydrogen-bond acceptors (Lipinski definition) is 5. The molecule has 2 aliphatic rings. The Morgan fingerprint density at radius 3 is 2.64 bits per heavy atom. The molecule has 8 nitrogen and oxygen atoms in total. The van der Waals surface area contributed by atoms with Crippen LogP contribution in [0.4, 0.5) is 4.39 Å². The van der Waals surface area contributed by atoms with E-state index in [0.717, 1.165) is 11.3 Å². The van der Waals surface area contributed by atoms with E-state index in [4.69, 9.17) is 0 Å². The minimum Gasteiger partial charge on any atom is -0.394 e. The Bertz CT molecular complexity index is 884. The fourth-order valence-corrected chi connectivity index (χ4v) is 3.84. The molecule has 2 amide bonds. The highest BCUT2D eigenvalue weighted by molar-refractivity contribution is 5.97. The molecular weight excluding hydrogens is 365 g/mol. The monoisotopic (exact) mass is 387 g/mol. The number of aromatic nitrogens is 2. The molecule has 0 spiro atoms. The zero-order chi connectivity index (χ0) is 19.8. The van der Waals surface area contributed by atoms with Crippen LogP contribution in [0.3, 0.4) is 0 Å². The van der Waals surface area contributed by atoms with Crippen LogP contribution in [0.5, 0.6) is 0 Å². The molecule has 2 aromatic rings. The van der Waals surface area contributed by atoms with Gasteiger partial charge in [0.05, 0.1) is 18.5 Å². The molecule has 1 aromatic heterocycles. The summed E-state index contributed by atoms with van der Waals surface area (Å²) in [5.74, 6) is -0.641. The lowest BCUT2D eigenvalue weighted by atomic mass is 10.0. The van der Waals surface area contributed by atoms with E-state index < -0.39 is 12.1 Å². The normalized spacial score (nSPS) is 23.2. The molecule has 1 aromatic carbocycles. The summed E-state index contributed by atoms with van der Waals surface area (Å²) in [7, 11) is 1.56. The number of nitrogens with zero attached hydrogens (tertiary/aromatic N) is 5. The van der Waals surface area contributed by atoms with Crippen molar-refractivity contribution < 1.29 is 19.1 Å². The number of amides is 2. The number of carbonyl (C=O) groups excluding carboxylic acids is 2.